The molecule has 1 aromatic rings. The van der Waals surface area contributed by atoms with E-state index in [0.29, 0.717) is 21.0 Å². The van der Waals surface area contributed by atoms with Crippen LogP contribution in [0.3, 0.4) is 0 Å². The first-order chi connectivity index (χ1) is 8.45. The lowest BCUT2D eigenvalue weighted by Gasteiger charge is -2.24. The van der Waals surface area contributed by atoms with Gasteiger partial charge in [0.05, 0.1) is 10.0 Å². The molecular formula is C12H18Cl3N3. The minimum atomic E-state index is 0.294. The van der Waals surface area contributed by atoms with Crippen molar-refractivity contribution in [1.82, 2.24) is 9.88 Å². The van der Waals surface area contributed by atoms with Crippen molar-refractivity contribution in [1.29, 1.82) is 0 Å². The molecule has 0 saturated heterocycles. The van der Waals surface area contributed by atoms with Crippen LogP contribution in [0.15, 0.2) is 6.07 Å². The van der Waals surface area contributed by atoms with Crippen molar-refractivity contribution in [2.45, 2.75) is 13.3 Å². The molecule has 0 unspecified atom stereocenters. The molecule has 0 fully saturated rings. The maximum Gasteiger partial charge on any atom is 0.150 e. The molecule has 102 valence electrons. The molecule has 0 radical (unpaired) electrons. The molecule has 1 rings (SSSR count). The molecule has 0 saturated carbocycles. The van der Waals surface area contributed by atoms with Crippen LogP contribution in [0.5, 0.6) is 0 Å². The van der Waals surface area contributed by atoms with Gasteiger partial charge in [0.15, 0.2) is 0 Å². The molecule has 0 atom stereocenters. The van der Waals surface area contributed by atoms with E-state index in [4.69, 9.17) is 34.8 Å². The lowest BCUT2D eigenvalue weighted by Crippen LogP contribution is -2.28. The number of rotatable bonds is 6. The zero-order chi connectivity index (χ0) is 13.7. The number of hydrogen-bond acceptors (Lipinski definition) is 3. The van der Waals surface area contributed by atoms with Gasteiger partial charge in [0.25, 0.3) is 0 Å². The fourth-order valence-electron chi connectivity index (χ4n) is 1.65. The Balaban J connectivity index is 2.78. The van der Waals surface area contributed by atoms with Gasteiger partial charge in [-0.05, 0) is 40.1 Å². The van der Waals surface area contributed by atoms with Gasteiger partial charge < -0.3 is 9.80 Å². The number of hydrogen-bond donors (Lipinski definition) is 0. The Morgan fingerprint density at radius 1 is 1.11 bits per heavy atom. The smallest absolute Gasteiger partial charge is 0.150 e. The number of nitrogens with zero attached hydrogens (tertiary/aromatic N) is 3. The van der Waals surface area contributed by atoms with Crippen molar-refractivity contribution in [3.8, 4) is 0 Å². The third kappa shape index (κ3) is 4.47. The monoisotopic (exact) mass is 309 g/mol. The fraction of sp³-hybridized carbons (Fsp3) is 0.583. The predicted molar refractivity (Wildman–Crippen MR) is 80.3 cm³/mol. The van der Waals surface area contributed by atoms with Gasteiger partial charge in [-0.25, -0.2) is 4.98 Å². The Bertz CT molecular complexity index is 396. The summed E-state index contributed by atoms with van der Waals surface area (Å²) >= 11 is 18.0. The second-order valence-corrected chi connectivity index (χ2v) is 5.48. The summed E-state index contributed by atoms with van der Waals surface area (Å²) in [7, 11) is 4.11. The molecule has 18 heavy (non-hydrogen) atoms. The van der Waals surface area contributed by atoms with E-state index < -0.39 is 0 Å². The maximum absolute atomic E-state index is 6.16. The molecule has 0 aliphatic heterocycles. The van der Waals surface area contributed by atoms with Crippen LogP contribution < -0.4 is 4.90 Å². The highest BCUT2D eigenvalue weighted by molar-refractivity contribution is 6.42. The summed E-state index contributed by atoms with van der Waals surface area (Å²) in [6.07, 6.45) is 1.04. The van der Waals surface area contributed by atoms with E-state index in [1.165, 1.54) is 0 Å². The van der Waals surface area contributed by atoms with Crippen molar-refractivity contribution in [2.24, 2.45) is 0 Å². The molecule has 3 nitrogen and oxygen atoms in total. The van der Waals surface area contributed by atoms with Crippen molar-refractivity contribution in [2.75, 3.05) is 38.6 Å². The van der Waals surface area contributed by atoms with E-state index in [0.717, 1.165) is 26.1 Å². The van der Waals surface area contributed by atoms with Crippen LogP contribution in [0, 0.1) is 0 Å². The van der Waals surface area contributed by atoms with Gasteiger partial charge in [-0.15, -0.1) is 0 Å². The minimum absolute atomic E-state index is 0.294. The molecule has 0 spiro atoms. The van der Waals surface area contributed by atoms with Gasteiger partial charge in [-0.1, -0.05) is 34.8 Å². The topological polar surface area (TPSA) is 19.4 Å². The molecule has 1 heterocycles. The molecule has 0 aliphatic carbocycles. The third-order valence-electron chi connectivity index (χ3n) is 2.58. The first kappa shape index (κ1) is 15.8. The van der Waals surface area contributed by atoms with Crippen molar-refractivity contribution < 1.29 is 0 Å². The summed E-state index contributed by atoms with van der Waals surface area (Å²) in [5.41, 5.74) is 0. The number of aromatic nitrogens is 1. The van der Waals surface area contributed by atoms with Crippen molar-refractivity contribution >= 4 is 40.6 Å². The lowest BCUT2D eigenvalue weighted by atomic mass is 10.3. The molecule has 0 aromatic carbocycles. The first-order valence-electron chi connectivity index (χ1n) is 5.87. The quantitative estimate of drug-likeness (QED) is 0.745. The Hall–Kier alpha value is -0.220. The summed E-state index contributed by atoms with van der Waals surface area (Å²) < 4.78 is 0. The maximum atomic E-state index is 6.16. The molecule has 0 aliphatic rings. The summed E-state index contributed by atoms with van der Waals surface area (Å²) in [5.74, 6) is 0.701. The van der Waals surface area contributed by atoms with E-state index in [9.17, 15) is 0 Å². The van der Waals surface area contributed by atoms with Crippen LogP contribution in [0.4, 0.5) is 5.82 Å². The van der Waals surface area contributed by atoms with Crippen LogP contribution in [0.2, 0.25) is 15.2 Å². The van der Waals surface area contributed by atoms with Crippen LogP contribution in [-0.2, 0) is 0 Å². The second-order valence-electron chi connectivity index (χ2n) is 4.30. The zero-order valence-corrected chi connectivity index (χ0v) is 13.1. The average molecular weight is 311 g/mol. The van der Waals surface area contributed by atoms with Gasteiger partial charge >= 0.3 is 0 Å². The zero-order valence-electron chi connectivity index (χ0n) is 10.9. The molecule has 0 bridgehead atoms. The Kier molecular flexibility index (Phi) is 6.50. The van der Waals surface area contributed by atoms with Gasteiger partial charge in [-0.3, -0.25) is 0 Å². The second kappa shape index (κ2) is 7.39. The average Bonchev–Trinajstić information content (AvgIpc) is 2.30. The molecule has 0 N–H and O–H groups in total. The summed E-state index contributed by atoms with van der Waals surface area (Å²) in [6, 6.07) is 1.64. The largest absolute Gasteiger partial charge is 0.356 e. The summed E-state index contributed by atoms with van der Waals surface area (Å²) in [6.45, 7) is 4.81. The summed E-state index contributed by atoms with van der Waals surface area (Å²) in [4.78, 5) is 8.51. The molecular weight excluding hydrogens is 293 g/mol. The Morgan fingerprint density at radius 3 is 2.33 bits per heavy atom. The lowest BCUT2D eigenvalue weighted by molar-refractivity contribution is 0.400. The number of anilines is 1. The molecule has 6 heteroatoms. The SMILES string of the molecule is CCN(CCCN(C)C)c1nc(Cl)c(Cl)cc1Cl. The Labute approximate surface area is 124 Å². The van der Waals surface area contributed by atoms with Crippen LogP contribution in [-0.4, -0.2) is 43.6 Å². The van der Waals surface area contributed by atoms with E-state index >= 15 is 0 Å². The van der Waals surface area contributed by atoms with Crippen LogP contribution in [0.25, 0.3) is 0 Å². The van der Waals surface area contributed by atoms with Crippen LogP contribution in [0.1, 0.15) is 13.3 Å². The van der Waals surface area contributed by atoms with E-state index in [2.05, 4.69) is 35.8 Å². The number of halogens is 3. The first-order valence-corrected chi connectivity index (χ1v) is 7.00. The Morgan fingerprint density at radius 2 is 1.78 bits per heavy atom. The van der Waals surface area contributed by atoms with Gasteiger partial charge in [0, 0.05) is 13.1 Å². The highest BCUT2D eigenvalue weighted by atomic mass is 35.5. The van der Waals surface area contributed by atoms with Gasteiger partial charge in [0.2, 0.25) is 0 Å². The third-order valence-corrected chi connectivity index (χ3v) is 3.53. The van der Waals surface area contributed by atoms with E-state index in [1.54, 1.807) is 6.07 Å². The standard InChI is InChI=1S/C12H18Cl3N3/c1-4-18(7-5-6-17(2)3)12-10(14)8-9(13)11(15)16-12/h8H,4-7H2,1-3H3. The van der Waals surface area contributed by atoms with E-state index in [1.807, 2.05) is 0 Å². The molecule has 1 aromatic heterocycles. The van der Waals surface area contributed by atoms with Crippen LogP contribution >= 0.6 is 34.8 Å². The highest BCUT2D eigenvalue weighted by Gasteiger charge is 2.13. The normalized spacial score (nSPS) is 11.1. The van der Waals surface area contributed by atoms with Crippen molar-refractivity contribution in [3.63, 3.8) is 0 Å². The predicted octanol–water partition coefficient (Wildman–Crippen LogP) is 3.82. The van der Waals surface area contributed by atoms with Crippen molar-refractivity contribution in [3.05, 3.63) is 21.3 Å². The van der Waals surface area contributed by atoms with Gasteiger partial charge in [0.1, 0.15) is 11.0 Å². The molecule has 0 amide bonds. The highest BCUT2D eigenvalue weighted by Crippen LogP contribution is 2.31. The van der Waals surface area contributed by atoms with Gasteiger partial charge in [-0.2, -0.15) is 0 Å². The fourth-order valence-corrected chi connectivity index (χ4v) is 2.26. The van der Waals surface area contributed by atoms with E-state index in [-0.39, 0.29) is 0 Å². The summed E-state index contributed by atoms with van der Waals surface area (Å²) in [5, 5.41) is 1.22. The minimum Gasteiger partial charge on any atom is -0.356 e. The number of pyridine rings is 1.